The second kappa shape index (κ2) is 12.6. The lowest BCUT2D eigenvalue weighted by molar-refractivity contribution is 0.170. The van der Waals surface area contributed by atoms with Crippen LogP contribution in [0.25, 0.3) is 19.5 Å². The molecule has 6 rings (SSSR count). The third kappa shape index (κ3) is 5.46. The fourth-order valence-corrected chi connectivity index (χ4v) is 9.22. The Morgan fingerprint density at radius 1 is 0.410 bits per heavy atom. The first-order valence-corrected chi connectivity index (χ1v) is 17.0. The molecule has 0 spiro atoms. The van der Waals surface area contributed by atoms with Crippen molar-refractivity contribution in [3.8, 4) is 54.0 Å². The molecular weight excluding hydrogens is 553 g/mol. The van der Waals surface area contributed by atoms with Gasteiger partial charge in [-0.05, 0) is 25.7 Å². The zero-order chi connectivity index (χ0) is 26.6. The minimum Gasteiger partial charge on any atom is -0.485 e. The van der Waals surface area contributed by atoms with Crippen molar-refractivity contribution in [1.29, 1.82) is 0 Å². The van der Waals surface area contributed by atoms with Gasteiger partial charge in [0.05, 0.1) is 29.3 Å². The lowest BCUT2D eigenvalue weighted by atomic mass is 10.1. The first kappa shape index (κ1) is 27.1. The second-order valence-electron chi connectivity index (χ2n) is 10.2. The van der Waals surface area contributed by atoms with E-state index in [0.717, 1.165) is 79.7 Å². The van der Waals surface area contributed by atoms with Gasteiger partial charge in [-0.15, -0.1) is 34.0 Å². The van der Waals surface area contributed by atoms with Crippen LogP contribution in [0.5, 0.6) is 34.5 Å². The number of aryl methyl sites for hydroxylation is 2. The van der Waals surface area contributed by atoms with Gasteiger partial charge in [0, 0.05) is 0 Å². The smallest absolute Gasteiger partial charge is 0.181 e. The average molecular weight is 591 g/mol. The molecule has 0 saturated heterocycles. The van der Waals surface area contributed by atoms with Crippen LogP contribution >= 0.6 is 34.0 Å². The Morgan fingerprint density at radius 3 is 1.13 bits per heavy atom. The highest BCUT2D eigenvalue weighted by atomic mass is 32.1. The summed E-state index contributed by atoms with van der Waals surface area (Å²) >= 11 is 5.30. The van der Waals surface area contributed by atoms with Crippen molar-refractivity contribution in [2.45, 2.75) is 78.1 Å². The zero-order valence-electron chi connectivity index (χ0n) is 23.0. The molecule has 39 heavy (non-hydrogen) atoms. The first-order valence-electron chi connectivity index (χ1n) is 14.6. The molecule has 0 fully saturated rings. The second-order valence-corrected chi connectivity index (χ2v) is 13.4. The molecule has 0 bridgehead atoms. The van der Waals surface area contributed by atoms with Crippen LogP contribution in [-0.2, 0) is 12.8 Å². The fraction of sp³-hybridized carbons (Fsp3) is 0.600. The van der Waals surface area contributed by atoms with Crippen LogP contribution < -0.4 is 28.4 Å². The van der Waals surface area contributed by atoms with Gasteiger partial charge in [-0.1, -0.05) is 52.4 Å². The van der Waals surface area contributed by atoms with Gasteiger partial charge in [-0.2, -0.15) is 0 Å². The highest BCUT2D eigenvalue weighted by Crippen LogP contribution is 2.62. The molecule has 0 N–H and O–H groups in total. The Bertz CT molecular complexity index is 1180. The molecule has 3 aliphatic rings. The predicted molar refractivity (Wildman–Crippen MR) is 160 cm³/mol. The molecule has 3 aromatic heterocycles. The summed E-state index contributed by atoms with van der Waals surface area (Å²) in [5, 5.41) is 0. The zero-order valence-corrected chi connectivity index (χ0v) is 25.4. The van der Waals surface area contributed by atoms with Gasteiger partial charge in [0.1, 0.15) is 39.6 Å². The van der Waals surface area contributed by atoms with E-state index in [2.05, 4.69) is 13.8 Å². The van der Waals surface area contributed by atoms with Crippen molar-refractivity contribution >= 4 is 34.0 Å². The Kier molecular flexibility index (Phi) is 8.75. The van der Waals surface area contributed by atoms with Crippen molar-refractivity contribution in [3.63, 3.8) is 0 Å². The molecule has 0 saturated carbocycles. The maximum absolute atomic E-state index is 6.30. The van der Waals surface area contributed by atoms with Crippen LogP contribution in [-0.4, -0.2) is 39.6 Å². The van der Waals surface area contributed by atoms with Crippen molar-refractivity contribution in [3.05, 3.63) is 9.75 Å². The van der Waals surface area contributed by atoms with Crippen molar-refractivity contribution < 1.29 is 28.4 Å². The fourth-order valence-electron chi connectivity index (χ4n) is 5.32. The third-order valence-electron chi connectivity index (χ3n) is 7.26. The minimum absolute atomic E-state index is 0.538. The summed E-state index contributed by atoms with van der Waals surface area (Å²) in [7, 11) is 0. The van der Waals surface area contributed by atoms with Gasteiger partial charge in [0.25, 0.3) is 0 Å². The summed E-state index contributed by atoms with van der Waals surface area (Å²) < 4.78 is 37.4. The molecule has 0 aliphatic carbocycles. The Labute approximate surface area is 243 Å². The monoisotopic (exact) mass is 590 g/mol. The van der Waals surface area contributed by atoms with Crippen LogP contribution in [0.15, 0.2) is 0 Å². The summed E-state index contributed by atoms with van der Waals surface area (Å²) in [6.45, 7) is 7.89. The van der Waals surface area contributed by atoms with Gasteiger partial charge in [-0.3, -0.25) is 0 Å². The topological polar surface area (TPSA) is 55.4 Å². The molecule has 6 heterocycles. The largest absolute Gasteiger partial charge is 0.485 e. The van der Waals surface area contributed by atoms with Crippen LogP contribution in [0.2, 0.25) is 0 Å². The van der Waals surface area contributed by atoms with E-state index in [9.17, 15) is 0 Å². The Morgan fingerprint density at radius 2 is 0.744 bits per heavy atom. The van der Waals surface area contributed by atoms with Gasteiger partial charge >= 0.3 is 0 Å². The van der Waals surface area contributed by atoms with E-state index in [0.29, 0.717) is 39.6 Å². The van der Waals surface area contributed by atoms with E-state index in [1.54, 1.807) is 34.0 Å². The molecule has 0 unspecified atom stereocenters. The quantitative estimate of drug-likeness (QED) is 0.197. The van der Waals surface area contributed by atoms with Crippen LogP contribution in [0.4, 0.5) is 0 Å². The summed E-state index contributed by atoms with van der Waals surface area (Å²) in [4.78, 5) is 6.86. The predicted octanol–water partition coefficient (Wildman–Crippen LogP) is 8.76. The number of thiophene rings is 3. The number of hydrogen-bond donors (Lipinski definition) is 0. The lowest BCUT2D eigenvalue weighted by Gasteiger charge is -2.19. The molecule has 9 heteroatoms. The van der Waals surface area contributed by atoms with E-state index >= 15 is 0 Å². The molecule has 0 radical (unpaired) electrons. The van der Waals surface area contributed by atoms with E-state index in [-0.39, 0.29) is 0 Å². The summed E-state index contributed by atoms with van der Waals surface area (Å²) in [5.74, 6) is 5.23. The Hall–Kier alpha value is -2.10. The molecule has 3 aliphatic heterocycles. The normalized spacial score (nSPS) is 15.5. The molecule has 6 nitrogen and oxygen atoms in total. The average Bonchev–Trinajstić information content (AvgIpc) is 3.65. The van der Waals surface area contributed by atoms with E-state index in [1.807, 2.05) is 0 Å². The van der Waals surface area contributed by atoms with Crippen molar-refractivity contribution in [2.75, 3.05) is 39.6 Å². The number of hydrogen-bond acceptors (Lipinski definition) is 9. The van der Waals surface area contributed by atoms with Crippen molar-refractivity contribution in [2.24, 2.45) is 0 Å². The SMILES string of the molecule is CCCCCCc1sc(-c2sc(-c3sc(CCCCCC)c4c3OCCO4)c3c2OCCO3)c2c1OCCO2. The molecule has 0 aromatic carbocycles. The van der Waals surface area contributed by atoms with Crippen LogP contribution in [0.1, 0.15) is 75.0 Å². The summed E-state index contributed by atoms with van der Waals surface area (Å²) in [6, 6.07) is 0. The Balaban J connectivity index is 1.39. The maximum Gasteiger partial charge on any atom is 0.181 e. The van der Waals surface area contributed by atoms with Crippen LogP contribution in [0, 0.1) is 0 Å². The summed E-state index contributed by atoms with van der Waals surface area (Å²) in [6.07, 6.45) is 11.8. The molecule has 212 valence electrons. The molecule has 0 amide bonds. The van der Waals surface area contributed by atoms with Crippen LogP contribution in [0.3, 0.4) is 0 Å². The number of rotatable bonds is 12. The van der Waals surface area contributed by atoms with Gasteiger partial charge < -0.3 is 28.4 Å². The van der Waals surface area contributed by atoms with Gasteiger partial charge in [0.15, 0.2) is 34.5 Å². The molecule has 0 atom stereocenters. The minimum atomic E-state index is 0.538. The molecule has 3 aromatic rings. The standard InChI is InChI=1S/C30H38O6S3/c1-3-5-7-9-11-19-21-23(33-15-13-31-21)27(37-19)29-25-26(36-18-17-35-25)30(39-29)28-24-22(32-14-16-34-24)20(38-28)12-10-8-6-4-2/h3-18H2,1-2H3. The number of unbranched alkanes of at least 4 members (excludes halogenated alkanes) is 6. The highest BCUT2D eigenvalue weighted by molar-refractivity contribution is 7.27. The van der Waals surface area contributed by atoms with Crippen molar-refractivity contribution in [1.82, 2.24) is 0 Å². The van der Waals surface area contributed by atoms with Gasteiger partial charge in [0.2, 0.25) is 0 Å². The number of ether oxygens (including phenoxy) is 6. The number of fused-ring (bicyclic) bond motifs is 3. The maximum atomic E-state index is 6.30. The molecular formula is C30H38O6S3. The highest BCUT2D eigenvalue weighted by Gasteiger charge is 2.35. The van der Waals surface area contributed by atoms with E-state index < -0.39 is 0 Å². The van der Waals surface area contributed by atoms with Gasteiger partial charge in [-0.25, -0.2) is 0 Å². The first-order chi connectivity index (χ1) is 19.3. The van der Waals surface area contributed by atoms with E-state index in [4.69, 9.17) is 28.4 Å². The third-order valence-corrected chi connectivity index (χ3v) is 11.2. The van der Waals surface area contributed by atoms with E-state index in [1.165, 1.54) is 48.3 Å². The summed E-state index contributed by atoms with van der Waals surface area (Å²) in [5.41, 5.74) is 0. The lowest BCUT2D eigenvalue weighted by Crippen LogP contribution is -2.16.